The van der Waals surface area contributed by atoms with E-state index >= 15 is 0 Å². The summed E-state index contributed by atoms with van der Waals surface area (Å²) in [4.78, 5) is 23.0. The van der Waals surface area contributed by atoms with Crippen molar-refractivity contribution in [2.45, 2.75) is 12.7 Å². The Morgan fingerprint density at radius 3 is 2.56 bits per heavy atom. The fourth-order valence-corrected chi connectivity index (χ4v) is 1.70. The third-order valence-electron chi connectivity index (χ3n) is 2.79. The summed E-state index contributed by atoms with van der Waals surface area (Å²) >= 11 is 0. The highest BCUT2D eigenvalue weighted by Gasteiger charge is 2.33. The number of aromatic nitrogens is 2. The van der Waals surface area contributed by atoms with Gasteiger partial charge in [0.15, 0.2) is 12.3 Å². The van der Waals surface area contributed by atoms with E-state index in [1.54, 1.807) is 0 Å². The first-order chi connectivity index (χ1) is 11.6. The molecule has 2 rings (SSSR count). The third kappa shape index (κ3) is 5.26. The van der Waals surface area contributed by atoms with E-state index in [0.717, 1.165) is 24.4 Å². The van der Waals surface area contributed by atoms with Crippen LogP contribution in [0.1, 0.15) is 5.69 Å². The number of nitrogens with one attached hydrogen (secondary N) is 1. The molecule has 0 bridgehead atoms. The summed E-state index contributed by atoms with van der Waals surface area (Å²) in [6, 6.07) is 3.06. The van der Waals surface area contributed by atoms with Crippen molar-refractivity contribution in [3.05, 3.63) is 47.8 Å². The Labute approximate surface area is 137 Å². The minimum atomic E-state index is -4.65. The average Bonchev–Trinajstić information content (AvgIpc) is 2.97. The molecule has 1 amide bonds. The van der Waals surface area contributed by atoms with Gasteiger partial charge < -0.3 is 10.1 Å². The van der Waals surface area contributed by atoms with Gasteiger partial charge in [0.2, 0.25) is 0 Å². The van der Waals surface area contributed by atoms with E-state index in [2.05, 4.69) is 9.84 Å². The molecule has 0 fully saturated rings. The SMILES string of the molecule is O=C(COC(=O)Cn1ccc(C(F)(F)F)n1)Nc1cc(F)ccc1F. The van der Waals surface area contributed by atoms with Gasteiger partial charge in [-0.25, -0.2) is 8.78 Å². The Balaban J connectivity index is 1.84. The maximum atomic E-state index is 13.3. The van der Waals surface area contributed by atoms with Crippen LogP contribution < -0.4 is 5.32 Å². The standard InChI is InChI=1S/C14H10F5N3O3/c15-8-1-2-9(16)10(5-8)20-12(23)7-25-13(24)6-22-4-3-11(21-22)14(17,18)19/h1-5H,6-7H2,(H,20,23). The molecule has 25 heavy (non-hydrogen) atoms. The van der Waals surface area contributed by atoms with Crippen molar-refractivity contribution in [1.29, 1.82) is 0 Å². The molecular formula is C14H10F5N3O3. The van der Waals surface area contributed by atoms with Crippen molar-refractivity contribution in [3.63, 3.8) is 0 Å². The largest absolute Gasteiger partial charge is 0.454 e. The molecule has 1 N–H and O–H groups in total. The second-order valence-electron chi connectivity index (χ2n) is 4.73. The van der Waals surface area contributed by atoms with Gasteiger partial charge in [0.1, 0.15) is 18.2 Å². The second kappa shape index (κ2) is 7.28. The Kier molecular flexibility index (Phi) is 5.35. The Morgan fingerprint density at radius 2 is 1.92 bits per heavy atom. The van der Waals surface area contributed by atoms with Crippen LogP contribution >= 0.6 is 0 Å². The lowest BCUT2D eigenvalue weighted by Crippen LogP contribution is -2.23. The minimum Gasteiger partial charge on any atom is -0.454 e. The summed E-state index contributed by atoms with van der Waals surface area (Å²) < 4.78 is 68.6. The summed E-state index contributed by atoms with van der Waals surface area (Å²) in [5.41, 5.74) is -1.62. The molecule has 2 aromatic rings. The van der Waals surface area contributed by atoms with Gasteiger partial charge in [0, 0.05) is 12.3 Å². The van der Waals surface area contributed by atoms with Gasteiger partial charge in [-0.15, -0.1) is 0 Å². The van der Waals surface area contributed by atoms with Gasteiger partial charge in [-0.1, -0.05) is 0 Å². The number of hydrogen-bond donors (Lipinski definition) is 1. The lowest BCUT2D eigenvalue weighted by molar-refractivity contribution is -0.148. The molecule has 11 heteroatoms. The molecule has 0 atom stereocenters. The van der Waals surface area contributed by atoms with E-state index in [1.165, 1.54) is 0 Å². The number of rotatable bonds is 5. The van der Waals surface area contributed by atoms with E-state index in [-0.39, 0.29) is 0 Å². The van der Waals surface area contributed by atoms with E-state index in [0.29, 0.717) is 10.7 Å². The zero-order chi connectivity index (χ0) is 18.6. The van der Waals surface area contributed by atoms with Gasteiger partial charge in [0.05, 0.1) is 5.69 Å². The van der Waals surface area contributed by atoms with Crippen molar-refractivity contribution >= 4 is 17.6 Å². The van der Waals surface area contributed by atoms with E-state index in [9.17, 15) is 31.5 Å². The molecule has 0 aliphatic rings. The van der Waals surface area contributed by atoms with E-state index < -0.39 is 54.2 Å². The second-order valence-corrected chi connectivity index (χ2v) is 4.73. The Morgan fingerprint density at radius 1 is 1.20 bits per heavy atom. The molecule has 1 aromatic carbocycles. The van der Waals surface area contributed by atoms with Crippen LogP contribution in [-0.2, 0) is 27.0 Å². The number of amides is 1. The fourth-order valence-electron chi connectivity index (χ4n) is 1.70. The van der Waals surface area contributed by atoms with E-state index in [4.69, 9.17) is 0 Å². The van der Waals surface area contributed by atoms with Crippen molar-refractivity contribution in [2.24, 2.45) is 0 Å². The van der Waals surface area contributed by atoms with Gasteiger partial charge >= 0.3 is 12.1 Å². The predicted molar refractivity (Wildman–Crippen MR) is 73.2 cm³/mol. The summed E-state index contributed by atoms with van der Waals surface area (Å²) in [5.74, 6) is -3.66. The zero-order valence-corrected chi connectivity index (χ0v) is 12.3. The topological polar surface area (TPSA) is 73.2 Å². The van der Waals surface area contributed by atoms with Gasteiger partial charge in [-0.05, 0) is 18.2 Å². The van der Waals surface area contributed by atoms with Crippen molar-refractivity contribution in [3.8, 4) is 0 Å². The molecule has 0 aliphatic carbocycles. The number of halogens is 5. The van der Waals surface area contributed by atoms with Crippen molar-refractivity contribution < 1.29 is 36.3 Å². The number of anilines is 1. The maximum absolute atomic E-state index is 13.3. The van der Waals surface area contributed by atoms with Crippen LogP contribution in [0.3, 0.4) is 0 Å². The molecule has 0 unspecified atom stereocenters. The average molecular weight is 363 g/mol. The van der Waals surface area contributed by atoms with Crippen molar-refractivity contribution in [1.82, 2.24) is 9.78 Å². The lowest BCUT2D eigenvalue weighted by atomic mass is 10.3. The first kappa shape index (κ1) is 18.4. The van der Waals surface area contributed by atoms with Crippen LogP contribution in [-0.4, -0.2) is 28.3 Å². The quantitative estimate of drug-likeness (QED) is 0.654. The zero-order valence-electron chi connectivity index (χ0n) is 12.3. The van der Waals surface area contributed by atoms with Gasteiger partial charge in [-0.3, -0.25) is 14.3 Å². The summed E-state index contributed by atoms with van der Waals surface area (Å²) in [5, 5.41) is 5.13. The van der Waals surface area contributed by atoms with Crippen molar-refractivity contribution in [2.75, 3.05) is 11.9 Å². The third-order valence-corrected chi connectivity index (χ3v) is 2.79. The highest BCUT2D eigenvalue weighted by atomic mass is 19.4. The molecule has 0 aliphatic heterocycles. The number of benzene rings is 1. The maximum Gasteiger partial charge on any atom is 0.435 e. The molecule has 0 radical (unpaired) electrons. The van der Waals surface area contributed by atoms with Crippen LogP contribution in [0.15, 0.2) is 30.5 Å². The summed E-state index contributed by atoms with van der Waals surface area (Å²) in [6.45, 7) is -1.49. The van der Waals surface area contributed by atoms with Crippen LogP contribution in [0.4, 0.5) is 27.6 Å². The van der Waals surface area contributed by atoms with Gasteiger partial charge in [0.25, 0.3) is 5.91 Å². The molecule has 0 spiro atoms. The first-order valence-electron chi connectivity index (χ1n) is 6.66. The highest BCUT2D eigenvalue weighted by molar-refractivity contribution is 5.92. The molecule has 1 heterocycles. The minimum absolute atomic E-state index is 0.442. The number of esters is 1. The monoisotopic (exact) mass is 363 g/mol. The van der Waals surface area contributed by atoms with E-state index in [1.807, 2.05) is 5.32 Å². The Bertz CT molecular complexity index is 788. The number of nitrogens with zero attached hydrogens (tertiary/aromatic N) is 2. The summed E-state index contributed by atoms with van der Waals surface area (Å²) in [6.07, 6.45) is -3.73. The number of hydrogen-bond acceptors (Lipinski definition) is 4. The molecule has 1 aromatic heterocycles. The normalized spacial score (nSPS) is 11.2. The molecule has 6 nitrogen and oxygen atoms in total. The smallest absolute Gasteiger partial charge is 0.435 e. The summed E-state index contributed by atoms with van der Waals surface area (Å²) in [7, 11) is 0. The molecule has 0 saturated heterocycles. The Hall–Kier alpha value is -2.98. The number of alkyl halides is 3. The van der Waals surface area contributed by atoms with Gasteiger partial charge in [-0.2, -0.15) is 18.3 Å². The molecule has 0 saturated carbocycles. The van der Waals surface area contributed by atoms with Crippen LogP contribution in [0, 0.1) is 11.6 Å². The van der Waals surface area contributed by atoms with Crippen LogP contribution in [0.5, 0.6) is 0 Å². The molecule has 134 valence electrons. The first-order valence-corrected chi connectivity index (χ1v) is 6.66. The van der Waals surface area contributed by atoms with Crippen LogP contribution in [0.2, 0.25) is 0 Å². The molecular weight excluding hydrogens is 353 g/mol. The predicted octanol–water partition coefficient (Wildman–Crippen LogP) is 2.36. The number of ether oxygens (including phenoxy) is 1. The number of carbonyl (C=O) groups excluding carboxylic acids is 2. The van der Waals surface area contributed by atoms with Crippen LogP contribution in [0.25, 0.3) is 0 Å². The number of carbonyl (C=O) groups is 2. The lowest BCUT2D eigenvalue weighted by Gasteiger charge is -2.08. The highest BCUT2D eigenvalue weighted by Crippen LogP contribution is 2.27. The fraction of sp³-hybridized carbons (Fsp3) is 0.214.